The average Bonchev–Trinajstić information content (AvgIpc) is 2.45. The summed E-state index contributed by atoms with van der Waals surface area (Å²) in [4.78, 5) is 22.8. The van der Waals surface area contributed by atoms with Crippen LogP contribution in [0.3, 0.4) is 0 Å². The summed E-state index contributed by atoms with van der Waals surface area (Å²) < 4.78 is 0. The molecule has 0 heterocycles. The van der Waals surface area contributed by atoms with Gasteiger partial charge in [0.1, 0.15) is 0 Å². The van der Waals surface area contributed by atoms with Crippen LogP contribution in [0.2, 0.25) is 0 Å². The van der Waals surface area contributed by atoms with Crippen LogP contribution in [0.1, 0.15) is 39.0 Å². The summed E-state index contributed by atoms with van der Waals surface area (Å²) in [6.45, 7) is 4.95. The summed E-state index contributed by atoms with van der Waals surface area (Å²) >= 11 is 0. The highest BCUT2D eigenvalue weighted by Gasteiger charge is 2.30. The molecule has 0 saturated heterocycles. The Bertz CT molecular complexity index is 310. The number of rotatable bonds is 8. The molecule has 0 aromatic rings. The van der Waals surface area contributed by atoms with Crippen LogP contribution in [0.15, 0.2) is 0 Å². The average molecular weight is 285 g/mol. The summed E-state index contributed by atoms with van der Waals surface area (Å²) in [7, 11) is 0. The van der Waals surface area contributed by atoms with Crippen molar-refractivity contribution in [2.24, 2.45) is 11.8 Å². The Morgan fingerprint density at radius 2 is 1.90 bits per heavy atom. The van der Waals surface area contributed by atoms with Crippen molar-refractivity contribution in [3.05, 3.63) is 0 Å². The van der Waals surface area contributed by atoms with E-state index in [1.165, 1.54) is 0 Å². The van der Waals surface area contributed by atoms with Crippen molar-refractivity contribution in [1.29, 1.82) is 0 Å². The van der Waals surface area contributed by atoms with Crippen molar-refractivity contribution < 1.29 is 14.7 Å². The third-order valence-electron chi connectivity index (χ3n) is 3.82. The van der Waals surface area contributed by atoms with E-state index >= 15 is 0 Å². The van der Waals surface area contributed by atoms with Gasteiger partial charge in [-0.25, -0.2) is 4.79 Å². The molecular weight excluding hydrogens is 258 g/mol. The Hall–Kier alpha value is -1.30. The Morgan fingerprint density at radius 3 is 2.60 bits per heavy atom. The smallest absolute Gasteiger partial charge is 0.314 e. The third-order valence-corrected chi connectivity index (χ3v) is 3.82. The molecule has 1 aliphatic carbocycles. The third kappa shape index (κ3) is 6.23. The van der Waals surface area contributed by atoms with Crippen LogP contribution in [0, 0.1) is 11.8 Å². The minimum atomic E-state index is -0.734. The van der Waals surface area contributed by atoms with Crippen LogP contribution < -0.4 is 16.0 Å². The number of hydrogen-bond donors (Lipinski definition) is 4. The molecule has 2 amide bonds. The van der Waals surface area contributed by atoms with Gasteiger partial charge in [0.2, 0.25) is 0 Å². The minimum absolute atomic E-state index is 0.0637. The predicted octanol–water partition coefficient (Wildman–Crippen LogP) is 1.18. The summed E-state index contributed by atoms with van der Waals surface area (Å²) in [5.74, 6) is -0.978. The quantitative estimate of drug-likeness (QED) is 0.504. The predicted molar refractivity (Wildman–Crippen MR) is 77.6 cm³/mol. The number of carbonyl (C=O) groups is 2. The molecule has 1 fully saturated rings. The van der Waals surface area contributed by atoms with E-state index in [9.17, 15) is 9.59 Å². The van der Waals surface area contributed by atoms with Crippen molar-refractivity contribution in [3.8, 4) is 0 Å². The maximum absolute atomic E-state index is 11.6. The van der Waals surface area contributed by atoms with Gasteiger partial charge >= 0.3 is 12.0 Å². The molecule has 0 aromatic heterocycles. The first kappa shape index (κ1) is 16.8. The molecule has 0 radical (unpaired) electrons. The number of hydrogen-bond acceptors (Lipinski definition) is 3. The molecule has 0 aliphatic heterocycles. The van der Waals surface area contributed by atoms with Gasteiger partial charge in [0.25, 0.3) is 0 Å². The molecule has 2 unspecified atom stereocenters. The first-order valence-corrected chi connectivity index (χ1v) is 7.60. The van der Waals surface area contributed by atoms with Crippen LogP contribution in [-0.2, 0) is 4.79 Å². The molecule has 0 spiro atoms. The van der Waals surface area contributed by atoms with Gasteiger partial charge in [0.15, 0.2) is 0 Å². The lowest BCUT2D eigenvalue weighted by Gasteiger charge is -2.28. The second-order valence-electron chi connectivity index (χ2n) is 5.33. The fraction of sp³-hybridized carbons (Fsp3) is 0.857. The van der Waals surface area contributed by atoms with E-state index in [-0.39, 0.29) is 17.9 Å². The Labute approximate surface area is 120 Å². The highest BCUT2D eigenvalue weighted by molar-refractivity contribution is 5.74. The molecule has 1 aliphatic rings. The maximum Gasteiger partial charge on any atom is 0.314 e. The summed E-state index contributed by atoms with van der Waals surface area (Å²) in [6, 6.07) is -0.198. The van der Waals surface area contributed by atoms with Gasteiger partial charge in [-0.15, -0.1) is 0 Å². The van der Waals surface area contributed by atoms with E-state index in [1.54, 1.807) is 0 Å². The fourth-order valence-corrected chi connectivity index (χ4v) is 2.66. The lowest BCUT2D eigenvalue weighted by Crippen LogP contribution is -2.42. The topological polar surface area (TPSA) is 90.5 Å². The second-order valence-corrected chi connectivity index (χ2v) is 5.33. The lowest BCUT2D eigenvalue weighted by atomic mass is 9.79. The van der Waals surface area contributed by atoms with E-state index in [0.29, 0.717) is 13.1 Å². The van der Waals surface area contributed by atoms with Crippen LogP contribution in [0.5, 0.6) is 0 Å². The van der Waals surface area contributed by atoms with Gasteiger partial charge in [-0.3, -0.25) is 4.79 Å². The number of carboxylic acids is 1. The van der Waals surface area contributed by atoms with E-state index in [2.05, 4.69) is 16.0 Å². The zero-order valence-corrected chi connectivity index (χ0v) is 12.3. The zero-order chi connectivity index (χ0) is 14.8. The standard InChI is InChI=1S/C14H27N3O3/c1-2-15-8-5-9-16-14(20)17-10-11-6-3-4-7-12(11)13(18)19/h11-12,15H,2-10H2,1H3,(H,18,19)(H2,16,17,20). The first-order chi connectivity index (χ1) is 9.65. The monoisotopic (exact) mass is 285 g/mol. The number of urea groups is 1. The van der Waals surface area contributed by atoms with E-state index < -0.39 is 5.97 Å². The Kier molecular flexibility index (Phi) is 8.02. The van der Waals surface area contributed by atoms with Crippen LogP contribution in [0.4, 0.5) is 4.79 Å². The lowest BCUT2D eigenvalue weighted by molar-refractivity contribution is -0.144. The van der Waals surface area contributed by atoms with Crippen LogP contribution in [-0.4, -0.2) is 43.3 Å². The van der Waals surface area contributed by atoms with Gasteiger partial charge in [0.05, 0.1) is 5.92 Å². The van der Waals surface area contributed by atoms with Gasteiger partial charge < -0.3 is 21.1 Å². The van der Waals surface area contributed by atoms with Crippen molar-refractivity contribution in [2.75, 3.05) is 26.2 Å². The van der Waals surface area contributed by atoms with E-state index in [1.807, 2.05) is 6.92 Å². The molecule has 6 nitrogen and oxygen atoms in total. The van der Waals surface area contributed by atoms with Crippen LogP contribution >= 0.6 is 0 Å². The van der Waals surface area contributed by atoms with Crippen molar-refractivity contribution >= 4 is 12.0 Å². The molecule has 0 bridgehead atoms. The van der Waals surface area contributed by atoms with Gasteiger partial charge in [-0.05, 0) is 38.3 Å². The number of carboxylic acid groups (broad SMARTS) is 1. The zero-order valence-electron chi connectivity index (χ0n) is 12.3. The molecule has 1 rings (SSSR count). The van der Waals surface area contributed by atoms with E-state index in [4.69, 9.17) is 5.11 Å². The minimum Gasteiger partial charge on any atom is -0.481 e. The highest BCUT2D eigenvalue weighted by atomic mass is 16.4. The van der Waals surface area contributed by atoms with Gasteiger partial charge in [-0.1, -0.05) is 19.8 Å². The van der Waals surface area contributed by atoms with E-state index in [0.717, 1.165) is 45.2 Å². The maximum atomic E-state index is 11.6. The first-order valence-electron chi connectivity index (χ1n) is 7.60. The summed E-state index contributed by atoms with van der Waals surface area (Å²) in [6.07, 6.45) is 4.54. The Balaban J connectivity index is 2.17. The summed E-state index contributed by atoms with van der Waals surface area (Å²) in [5, 5.41) is 17.9. The number of amides is 2. The molecule has 6 heteroatoms. The van der Waals surface area contributed by atoms with Crippen molar-refractivity contribution in [1.82, 2.24) is 16.0 Å². The Morgan fingerprint density at radius 1 is 1.15 bits per heavy atom. The van der Waals surface area contributed by atoms with Gasteiger partial charge in [-0.2, -0.15) is 0 Å². The molecule has 2 atom stereocenters. The highest BCUT2D eigenvalue weighted by Crippen LogP contribution is 2.29. The normalized spacial score (nSPS) is 22.2. The molecule has 4 N–H and O–H groups in total. The molecule has 116 valence electrons. The van der Waals surface area contributed by atoms with Crippen molar-refractivity contribution in [2.45, 2.75) is 39.0 Å². The molecular formula is C14H27N3O3. The van der Waals surface area contributed by atoms with Crippen LogP contribution in [0.25, 0.3) is 0 Å². The molecule has 20 heavy (non-hydrogen) atoms. The molecule has 0 aromatic carbocycles. The summed E-state index contributed by atoms with van der Waals surface area (Å²) in [5.41, 5.74) is 0. The van der Waals surface area contributed by atoms with Gasteiger partial charge in [0, 0.05) is 13.1 Å². The number of aliphatic carboxylic acids is 1. The number of nitrogens with one attached hydrogen (secondary N) is 3. The largest absolute Gasteiger partial charge is 0.481 e. The number of carbonyl (C=O) groups excluding carboxylic acids is 1. The SMILES string of the molecule is CCNCCCNC(=O)NCC1CCCCC1C(=O)O. The van der Waals surface area contributed by atoms with Crippen molar-refractivity contribution in [3.63, 3.8) is 0 Å². The fourth-order valence-electron chi connectivity index (χ4n) is 2.66. The molecule has 1 saturated carbocycles. The second kappa shape index (κ2) is 9.58.